The molecule has 0 aliphatic carbocycles. The number of fused-ring (bicyclic) bond motifs is 2. The Bertz CT molecular complexity index is 1170. The molecule has 2 N–H and O–H groups in total. The number of nitrogens with zero attached hydrogens (tertiary/aromatic N) is 4. The molecule has 28 heavy (non-hydrogen) atoms. The van der Waals surface area contributed by atoms with Crippen LogP contribution in [0.2, 0.25) is 0 Å². The molecule has 4 aromatic rings. The Morgan fingerprint density at radius 3 is 3.18 bits per heavy atom. The van der Waals surface area contributed by atoms with Gasteiger partial charge in [-0.1, -0.05) is 5.16 Å². The molecular weight excluding hydrogens is 363 g/mol. The fraction of sp³-hybridized carbons (Fsp3) is 0.263. The number of pyridine rings is 1. The summed E-state index contributed by atoms with van der Waals surface area (Å²) in [7, 11) is 0. The molecular formula is C19H17FN6O2. The van der Waals surface area contributed by atoms with Gasteiger partial charge in [0.1, 0.15) is 11.7 Å². The number of halogens is 1. The third kappa shape index (κ3) is 2.84. The SMILES string of the molecule is O=C(c1noc2cc(Nc3n[nH]c4cccnc34)ccc12)N1CCCC(F)C1. The molecule has 8 nitrogen and oxygen atoms in total. The molecule has 9 heteroatoms. The number of aromatic nitrogens is 4. The van der Waals surface area contributed by atoms with Crippen LogP contribution < -0.4 is 5.32 Å². The molecule has 1 aromatic carbocycles. The standard InChI is InChI=1S/C19H17FN6O2/c20-11-3-2-8-26(10-11)19(27)16-13-6-5-12(9-15(13)28-25-16)22-18-17-14(23-24-18)4-1-7-21-17/h1,4-7,9,11H,2-3,8,10H2,(H2,22,23,24). The minimum absolute atomic E-state index is 0.103. The van der Waals surface area contributed by atoms with Crippen molar-refractivity contribution < 1.29 is 13.7 Å². The third-order valence-corrected chi connectivity index (χ3v) is 4.91. The van der Waals surface area contributed by atoms with Crippen molar-refractivity contribution in [3.8, 4) is 0 Å². The zero-order valence-corrected chi connectivity index (χ0v) is 14.9. The molecule has 1 unspecified atom stereocenters. The zero-order chi connectivity index (χ0) is 19.1. The number of alkyl halides is 1. The molecule has 0 bridgehead atoms. The van der Waals surface area contributed by atoms with Crippen LogP contribution in [0, 0.1) is 0 Å². The van der Waals surface area contributed by atoms with E-state index in [1.807, 2.05) is 18.2 Å². The maximum Gasteiger partial charge on any atom is 0.276 e. The average molecular weight is 380 g/mol. The van der Waals surface area contributed by atoms with Gasteiger partial charge in [-0.3, -0.25) is 14.9 Å². The summed E-state index contributed by atoms with van der Waals surface area (Å²) >= 11 is 0. The Labute approximate surface area is 158 Å². The number of hydrogen-bond acceptors (Lipinski definition) is 6. The molecule has 0 saturated carbocycles. The van der Waals surface area contributed by atoms with Gasteiger partial charge in [0.15, 0.2) is 17.1 Å². The van der Waals surface area contributed by atoms with Gasteiger partial charge in [-0.05, 0) is 37.1 Å². The highest BCUT2D eigenvalue weighted by atomic mass is 19.1. The van der Waals surface area contributed by atoms with E-state index in [1.54, 1.807) is 18.3 Å². The van der Waals surface area contributed by atoms with E-state index < -0.39 is 6.17 Å². The minimum Gasteiger partial charge on any atom is -0.355 e. The monoisotopic (exact) mass is 380 g/mol. The van der Waals surface area contributed by atoms with E-state index in [4.69, 9.17) is 4.52 Å². The van der Waals surface area contributed by atoms with E-state index in [9.17, 15) is 9.18 Å². The van der Waals surface area contributed by atoms with E-state index in [-0.39, 0.29) is 18.1 Å². The first kappa shape index (κ1) is 16.7. The normalized spacial score (nSPS) is 17.3. The fourth-order valence-electron chi connectivity index (χ4n) is 3.51. The number of benzene rings is 1. The number of H-pyrrole nitrogens is 1. The molecule has 1 aliphatic rings. The first-order valence-electron chi connectivity index (χ1n) is 9.08. The van der Waals surface area contributed by atoms with Crippen LogP contribution in [-0.4, -0.2) is 50.4 Å². The van der Waals surface area contributed by atoms with Crippen LogP contribution in [-0.2, 0) is 0 Å². The van der Waals surface area contributed by atoms with Gasteiger partial charge in [0, 0.05) is 24.5 Å². The Morgan fingerprint density at radius 1 is 1.36 bits per heavy atom. The van der Waals surface area contributed by atoms with E-state index >= 15 is 0 Å². The number of carbonyl (C=O) groups is 1. The summed E-state index contributed by atoms with van der Waals surface area (Å²) < 4.78 is 19.0. The fourth-order valence-corrected chi connectivity index (χ4v) is 3.51. The summed E-state index contributed by atoms with van der Waals surface area (Å²) in [5.41, 5.74) is 2.95. The van der Waals surface area contributed by atoms with Crippen molar-refractivity contribution in [2.24, 2.45) is 0 Å². The largest absolute Gasteiger partial charge is 0.355 e. The summed E-state index contributed by atoms with van der Waals surface area (Å²) in [6.07, 6.45) is 1.87. The number of carbonyl (C=O) groups excluding carboxylic acids is 1. The maximum atomic E-state index is 13.6. The van der Waals surface area contributed by atoms with Crippen molar-refractivity contribution in [3.63, 3.8) is 0 Å². The van der Waals surface area contributed by atoms with Crippen LogP contribution >= 0.6 is 0 Å². The highest BCUT2D eigenvalue weighted by Crippen LogP contribution is 2.27. The van der Waals surface area contributed by atoms with Gasteiger partial charge >= 0.3 is 0 Å². The molecule has 1 saturated heterocycles. The Hall–Kier alpha value is -3.49. The van der Waals surface area contributed by atoms with Crippen LogP contribution in [0.25, 0.3) is 22.0 Å². The second-order valence-electron chi connectivity index (χ2n) is 6.83. The quantitative estimate of drug-likeness (QED) is 0.565. The lowest BCUT2D eigenvalue weighted by Gasteiger charge is -2.28. The van der Waals surface area contributed by atoms with E-state index in [1.165, 1.54) is 4.90 Å². The van der Waals surface area contributed by atoms with Crippen molar-refractivity contribution in [2.75, 3.05) is 18.4 Å². The second-order valence-corrected chi connectivity index (χ2v) is 6.83. The Morgan fingerprint density at radius 2 is 2.29 bits per heavy atom. The van der Waals surface area contributed by atoms with E-state index in [2.05, 4.69) is 25.7 Å². The smallest absolute Gasteiger partial charge is 0.276 e. The van der Waals surface area contributed by atoms with Crippen LogP contribution in [0.1, 0.15) is 23.3 Å². The van der Waals surface area contributed by atoms with E-state index in [0.717, 1.165) is 16.7 Å². The Kier molecular flexibility index (Phi) is 3.92. The van der Waals surface area contributed by atoms with Gasteiger partial charge in [-0.2, -0.15) is 5.10 Å². The van der Waals surface area contributed by atoms with E-state index in [0.29, 0.717) is 36.2 Å². The number of rotatable bonds is 3. The lowest BCUT2D eigenvalue weighted by atomic mass is 10.1. The van der Waals surface area contributed by atoms with Gasteiger partial charge in [0.2, 0.25) is 0 Å². The van der Waals surface area contributed by atoms with Gasteiger partial charge in [0.05, 0.1) is 17.4 Å². The number of anilines is 2. The molecule has 3 aromatic heterocycles. The van der Waals surface area contributed by atoms with Crippen molar-refractivity contribution >= 4 is 39.4 Å². The number of amides is 1. The van der Waals surface area contributed by atoms with Crippen molar-refractivity contribution in [2.45, 2.75) is 19.0 Å². The zero-order valence-electron chi connectivity index (χ0n) is 14.9. The Balaban J connectivity index is 1.42. The topological polar surface area (TPSA) is 99.9 Å². The van der Waals surface area contributed by atoms with Gasteiger partial charge in [0.25, 0.3) is 5.91 Å². The third-order valence-electron chi connectivity index (χ3n) is 4.91. The number of hydrogen-bond donors (Lipinski definition) is 2. The van der Waals surface area contributed by atoms with Gasteiger partial charge in [-0.15, -0.1) is 0 Å². The summed E-state index contributed by atoms with van der Waals surface area (Å²) in [6, 6.07) is 9.04. The number of aromatic amines is 1. The molecule has 5 rings (SSSR count). The van der Waals surface area contributed by atoms with Gasteiger partial charge < -0.3 is 14.7 Å². The predicted molar refractivity (Wildman–Crippen MR) is 101 cm³/mol. The summed E-state index contributed by atoms with van der Waals surface area (Å²) in [5.74, 6) is 0.289. The number of piperidine rings is 1. The first-order chi connectivity index (χ1) is 13.7. The molecule has 4 heterocycles. The van der Waals surface area contributed by atoms with Gasteiger partial charge in [-0.25, -0.2) is 4.39 Å². The molecule has 1 aliphatic heterocycles. The van der Waals surface area contributed by atoms with Crippen LogP contribution in [0.4, 0.5) is 15.9 Å². The van der Waals surface area contributed by atoms with Crippen molar-refractivity contribution in [3.05, 3.63) is 42.2 Å². The van der Waals surface area contributed by atoms with Crippen LogP contribution in [0.15, 0.2) is 41.1 Å². The summed E-state index contributed by atoms with van der Waals surface area (Å²) in [6.45, 7) is 0.637. The highest BCUT2D eigenvalue weighted by molar-refractivity contribution is 6.04. The minimum atomic E-state index is -0.982. The highest BCUT2D eigenvalue weighted by Gasteiger charge is 2.27. The van der Waals surface area contributed by atoms with Crippen LogP contribution in [0.3, 0.4) is 0 Å². The average Bonchev–Trinajstić information content (AvgIpc) is 3.32. The second kappa shape index (κ2) is 6.59. The number of nitrogens with one attached hydrogen (secondary N) is 2. The lowest BCUT2D eigenvalue weighted by molar-refractivity contribution is 0.0628. The summed E-state index contributed by atoms with van der Waals surface area (Å²) in [5, 5.41) is 14.9. The molecule has 1 amide bonds. The predicted octanol–water partition coefficient (Wildman–Crippen LogP) is 3.42. The van der Waals surface area contributed by atoms with Crippen molar-refractivity contribution in [1.29, 1.82) is 0 Å². The molecule has 0 spiro atoms. The lowest BCUT2D eigenvalue weighted by Crippen LogP contribution is -2.40. The number of likely N-dealkylation sites (tertiary alicyclic amines) is 1. The summed E-state index contributed by atoms with van der Waals surface area (Å²) in [4.78, 5) is 18.5. The maximum absolute atomic E-state index is 13.6. The molecule has 142 valence electrons. The van der Waals surface area contributed by atoms with Crippen LogP contribution in [0.5, 0.6) is 0 Å². The van der Waals surface area contributed by atoms with Crippen molar-refractivity contribution in [1.82, 2.24) is 25.2 Å². The molecule has 1 fully saturated rings. The molecule has 1 atom stereocenters. The first-order valence-corrected chi connectivity index (χ1v) is 9.08. The molecule has 0 radical (unpaired) electrons.